The fourth-order valence-corrected chi connectivity index (χ4v) is 3.51. The SMILES string of the molecule is CCCS(=O)(=O)c1ccccc1C(=O)N(CC)CC. The number of hydrogen-bond donors (Lipinski definition) is 0. The number of nitrogens with zero attached hydrogens (tertiary/aromatic N) is 1. The van der Waals surface area contributed by atoms with Crippen LogP contribution in [0.5, 0.6) is 0 Å². The first-order chi connectivity index (χ1) is 8.97. The summed E-state index contributed by atoms with van der Waals surface area (Å²) in [6, 6.07) is 6.45. The van der Waals surface area contributed by atoms with Crippen molar-refractivity contribution in [1.29, 1.82) is 0 Å². The summed E-state index contributed by atoms with van der Waals surface area (Å²) < 4.78 is 24.4. The highest BCUT2D eigenvalue weighted by atomic mass is 32.2. The fraction of sp³-hybridized carbons (Fsp3) is 0.500. The van der Waals surface area contributed by atoms with Crippen LogP contribution in [0.15, 0.2) is 29.2 Å². The summed E-state index contributed by atoms with van der Waals surface area (Å²) in [4.78, 5) is 14.1. The molecule has 0 aliphatic rings. The van der Waals surface area contributed by atoms with Crippen LogP contribution in [0.1, 0.15) is 37.6 Å². The minimum absolute atomic E-state index is 0.0650. The smallest absolute Gasteiger partial charge is 0.255 e. The fourth-order valence-electron chi connectivity index (χ4n) is 1.97. The van der Waals surface area contributed by atoms with Gasteiger partial charge in [0.05, 0.1) is 16.2 Å². The number of amides is 1. The van der Waals surface area contributed by atoms with E-state index in [-0.39, 0.29) is 22.1 Å². The molecule has 0 heterocycles. The van der Waals surface area contributed by atoms with Crippen LogP contribution in [0, 0.1) is 0 Å². The van der Waals surface area contributed by atoms with E-state index in [4.69, 9.17) is 0 Å². The second-order valence-electron chi connectivity index (χ2n) is 4.29. The van der Waals surface area contributed by atoms with Gasteiger partial charge in [-0.05, 0) is 32.4 Å². The van der Waals surface area contributed by atoms with E-state index in [0.717, 1.165) is 0 Å². The molecule has 0 aliphatic heterocycles. The first kappa shape index (κ1) is 15.7. The third kappa shape index (κ3) is 3.56. The monoisotopic (exact) mass is 283 g/mol. The van der Waals surface area contributed by atoms with Crippen LogP contribution >= 0.6 is 0 Å². The molecule has 4 nitrogen and oxygen atoms in total. The van der Waals surface area contributed by atoms with Gasteiger partial charge in [0.2, 0.25) is 0 Å². The molecule has 0 spiro atoms. The second kappa shape index (κ2) is 6.70. The molecule has 1 aromatic rings. The van der Waals surface area contributed by atoms with Crippen LogP contribution in [-0.4, -0.2) is 38.1 Å². The third-order valence-corrected chi connectivity index (χ3v) is 4.95. The lowest BCUT2D eigenvalue weighted by Crippen LogP contribution is -2.31. The van der Waals surface area contributed by atoms with E-state index in [0.29, 0.717) is 19.5 Å². The number of sulfone groups is 1. The molecule has 0 aliphatic carbocycles. The molecular formula is C14H21NO3S. The van der Waals surface area contributed by atoms with Crippen molar-refractivity contribution in [2.45, 2.75) is 32.1 Å². The van der Waals surface area contributed by atoms with E-state index < -0.39 is 9.84 Å². The molecular weight excluding hydrogens is 262 g/mol. The van der Waals surface area contributed by atoms with Crippen molar-refractivity contribution in [3.8, 4) is 0 Å². The van der Waals surface area contributed by atoms with Crippen LogP contribution in [0.25, 0.3) is 0 Å². The highest BCUT2D eigenvalue weighted by Gasteiger charge is 2.23. The number of rotatable bonds is 6. The minimum Gasteiger partial charge on any atom is -0.339 e. The summed E-state index contributed by atoms with van der Waals surface area (Å²) in [5.41, 5.74) is 0.277. The molecule has 0 N–H and O–H groups in total. The maximum absolute atomic E-state index is 12.3. The Morgan fingerprint density at radius 3 is 2.21 bits per heavy atom. The Morgan fingerprint density at radius 1 is 1.11 bits per heavy atom. The van der Waals surface area contributed by atoms with Crippen molar-refractivity contribution in [2.75, 3.05) is 18.8 Å². The van der Waals surface area contributed by atoms with Crippen molar-refractivity contribution in [1.82, 2.24) is 4.90 Å². The molecule has 1 rings (SSSR count). The number of hydrogen-bond acceptors (Lipinski definition) is 3. The van der Waals surface area contributed by atoms with Crippen LogP contribution in [0.2, 0.25) is 0 Å². The molecule has 1 aromatic carbocycles. The Hall–Kier alpha value is -1.36. The molecule has 5 heteroatoms. The molecule has 1 amide bonds. The molecule has 0 saturated carbocycles. The predicted octanol–water partition coefficient (Wildman–Crippen LogP) is 2.35. The first-order valence-corrected chi connectivity index (χ1v) is 8.24. The predicted molar refractivity (Wildman–Crippen MR) is 76.0 cm³/mol. The quantitative estimate of drug-likeness (QED) is 0.805. The van der Waals surface area contributed by atoms with Crippen molar-refractivity contribution >= 4 is 15.7 Å². The number of carbonyl (C=O) groups is 1. The zero-order chi connectivity index (χ0) is 14.5. The molecule has 0 bridgehead atoms. The van der Waals surface area contributed by atoms with Gasteiger partial charge in [-0.25, -0.2) is 8.42 Å². The summed E-state index contributed by atoms with van der Waals surface area (Å²) in [7, 11) is -3.38. The molecule has 0 aromatic heterocycles. The maximum Gasteiger partial charge on any atom is 0.255 e. The second-order valence-corrected chi connectivity index (χ2v) is 6.37. The van der Waals surface area contributed by atoms with Crippen LogP contribution in [0.3, 0.4) is 0 Å². The summed E-state index contributed by atoms with van der Waals surface area (Å²) in [6.45, 7) is 6.70. The Balaban J connectivity index is 3.27. The van der Waals surface area contributed by atoms with E-state index in [2.05, 4.69) is 0 Å². The summed E-state index contributed by atoms with van der Waals surface area (Å²) in [5, 5.41) is 0. The highest BCUT2D eigenvalue weighted by Crippen LogP contribution is 2.19. The molecule has 0 fully saturated rings. The van der Waals surface area contributed by atoms with Crippen LogP contribution < -0.4 is 0 Å². The summed E-state index contributed by atoms with van der Waals surface area (Å²) in [6.07, 6.45) is 0.538. The number of benzene rings is 1. The normalized spacial score (nSPS) is 11.3. The minimum atomic E-state index is -3.38. The maximum atomic E-state index is 12.3. The Labute approximate surface area is 115 Å². The lowest BCUT2D eigenvalue weighted by molar-refractivity contribution is 0.0769. The van der Waals surface area contributed by atoms with Gasteiger partial charge in [0.15, 0.2) is 9.84 Å². The highest BCUT2D eigenvalue weighted by molar-refractivity contribution is 7.91. The summed E-state index contributed by atoms with van der Waals surface area (Å²) in [5.74, 6) is -0.157. The van der Waals surface area contributed by atoms with E-state index in [1.165, 1.54) is 6.07 Å². The zero-order valence-electron chi connectivity index (χ0n) is 11.7. The third-order valence-electron chi connectivity index (χ3n) is 2.98. The first-order valence-electron chi connectivity index (χ1n) is 6.58. The molecule has 19 heavy (non-hydrogen) atoms. The Bertz CT molecular complexity index is 533. The lowest BCUT2D eigenvalue weighted by atomic mass is 10.2. The van der Waals surface area contributed by atoms with Crippen molar-refractivity contribution in [2.24, 2.45) is 0 Å². The summed E-state index contributed by atoms with van der Waals surface area (Å²) >= 11 is 0. The van der Waals surface area contributed by atoms with Crippen molar-refractivity contribution < 1.29 is 13.2 Å². The van der Waals surface area contributed by atoms with Gasteiger partial charge in [0, 0.05) is 13.1 Å². The van der Waals surface area contributed by atoms with Crippen LogP contribution in [0.4, 0.5) is 0 Å². The van der Waals surface area contributed by atoms with Gasteiger partial charge < -0.3 is 4.90 Å². The van der Waals surface area contributed by atoms with Crippen LogP contribution in [-0.2, 0) is 9.84 Å². The van der Waals surface area contributed by atoms with Gasteiger partial charge in [-0.1, -0.05) is 19.1 Å². The molecule has 0 unspecified atom stereocenters. The van der Waals surface area contributed by atoms with Gasteiger partial charge >= 0.3 is 0 Å². The van der Waals surface area contributed by atoms with E-state index in [1.54, 1.807) is 23.1 Å². The van der Waals surface area contributed by atoms with E-state index in [9.17, 15) is 13.2 Å². The topological polar surface area (TPSA) is 54.5 Å². The van der Waals surface area contributed by atoms with Gasteiger partial charge in [0.25, 0.3) is 5.91 Å². The van der Waals surface area contributed by atoms with Crippen molar-refractivity contribution in [3.63, 3.8) is 0 Å². The van der Waals surface area contributed by atoms with Gasteiger partial charge in [0.1, 0.15) is 0 Å². The molecule has 106 valence electrons. The average Bonchev–Trinajstić information content (AvgIpc) is 2.40. The largest absolute Gasteiger partial charge is 0.339 e. The standard InChI is InChI=1S/C14H21NO3S/c1-4-11-19(17,18)13-10-8-7-9-12(13)14(16)15(5-2)6-3/h7-10H,4-6,11H2,1-3H3. The van der Waals surface area contributed by atoms with Gasteiger partial charge in [-0.3, -0.25) is 4.79 Å². The van der Waals surface area contributed by atoms with Gasteiger partial charge in [-0.2, -0.15) is 0 Å². The van der Waals surface area contributed by atoms with Gasteiger partial charge in [-0.15, -0.1) is 0 Å². The molecule has 0 radical (unpaired) electrons. The average molecular weight is 283 g/mol. The zero-order valence-corrected chi connectivity index (χ0v) is 12.5. The van der Waals surface area contributed by atoms with Crippen molar-refractivity contribution in [3.05, 3.63) is 29.8 Å². The Kier molecular flexibility index (Phi) is 5.54. The molecule has 0 saturated heterocycles. The number of carbonyl (C=O) groups excluding carboxylic acids is 1. The van der Waals surface area contributed by atoms with E-state index >= 15 is 0 Å². The lowest BCUT2D eigenvalue weighted by Gasteiger charge is -2.20. The van der Waals surface area contributed by atoms with E-state index in [1.807, 2.05) is 20.8 Å². The Morgan fingerprint density at radius 2 is 1.68 bits per heavy atom. The molecule has 0 atom stereocenters.